The van der Waals surface area contributed by atoms with Gasteiger partial charge in [0.1, 0.15) is 5.01 Å². The molecule has 1 aromatic carbocycles. The molecule has 0 fully saturated rings. The smallest absolute Gasteiger partial charge is 0.203 e. The van der Waals surface area contributed by atoms with Crippen LogP contribution in [0.5, 0.6) is 0 Å². The summed E-state index contributed by atoms with van der Waals surface area (Å²) in [7, 11) is 0. The maximum Gasteiger partial charge on any atom is 0.203 e. The molecule has 0 saturated carbocycles. The number of rotatable bonds is 1. The van der Waals surface area contributed by atoms with E-state index in [1.54, 1.807) is 0 Å². The fraction of sp³-hybridized carbons (Fsp3) is 0. The van der Waals surface area contributed by atoms with E-state index in [-0.39, 0.29) is 0 Å². The Morgan fingerprint density at radius 2 is 2.14 bits per heavy atom. The van der Waals surface area contributed by atoms with Gasteiger partial charge in [-0.3, -0.25) is 0 Å². The Hall–Kier alpha value is -0.400. The van der Waals surface area contributed by atoms with Crippen molar-refractivity contribution in [3.05, 3.63) is 26.8 Å². The van der Waals surface area contributed by atoms with Gasteiger partial charge in [-0.15, -0.1) is 10.2 Å². The average molecular weight is 338 g/mol. The van der Waals surface area contributed by atoms with Crippen LogP contribution in [-0.4, -0.2) is 10.2 Å². The summed E-state index contributed by atoms with van der Waals surface area (Å²) < 4.78 is 1.02. The van der Waals surface area contributed by atoms with Gasteiger partial charge >= 0.3 is 0 Å². The molecule has 0 bridgehead atoms. The van der Waals surface area contributed by atoms with Crippen molar-refractivity contribution in [1.29, 1.82) is 0 Å². The highest BCUT2D eigenvalue weighted by Gasteiger charge is 2.06. The largest absolute Gasteiger partial charge is 0.374 e. The summed E-state index contributed by atoms with van der Waals surface area (Å²) in [6.45, 7) is 0. The highest BCUT2D eigenvalue weighted by molar-refractivity contribution is 14.1. The molecule has 2 aromatic rings. The molecule has 0 aliphatic rings. The molecule has 0 atom stereocenters. The molecule has 2 rings (SSSR count). The standard InChI is InChI=1S/C8H5ClIN3S/c9-5-3-4(1-2-6(5)10)7-12-13-8(11)14-7/h1-3H,(H2,11,13). The maximum absolute atomic E-state index is 5.99. The van der Waals surface area contributed by atoms with Crippen LogP contribution in [0.1, 0.15) is 0 Å². The lowest BCUT2D eigenvalue weighted by atomic mass is 10.2. The molecule has 0 saturated heterocycles. The fourth-order valence-electron chi connectivity index (χ4n) is 0.980. The van der Waals surface area contributed by atoms with Crippen LogP contribution in [0.4, 0.5) is 5.13 Å². The van der Waals surface area contributed by atoms with Crippen LogP contribution < -0.4 is 5.73 Å². The number of benzene rings is 1. The van der Waals surface area contributed by atoms with E-state index in [4.69, 9.17) is 17.3 Å². The molecule has 0 amide bonds. The van der Waals surface area contributed by atoms with Crippen LogP contribution in [0.3, 0.4) is 0 Å². The number of nitrogens with two attached hydrogens (primary N) is 1. The van der Waals surface area contributed by atoms with Crippen molar-refractivity contribution >= 4 is 50.7 Å². The third-order valence-electron chi connectivity index (χ3n) is 1.61. The zero-order valence-corrected chi connectivity index (χ0v) is 10.6. The Kier molecular flexibility index (Phi) is 2.89. The zero-order chi connectivity index (χ0) is 10.1. The number of halogens is 2. The molecule has 2 N–H and O–H groups in total. The SMILES string of the molecule is Nc1nnc(-c2ccc(I)c(Cl)c2)s1. The van der Waals surface area contributed by atoms with E-state index >= 15 is 0 Å². The number of anilines is 1. The van der Waals surface area contributed by atoms with E-state index in [2.05, 4.69) is 32.8 Å². The lowest BCUT2D eigenvalue weighted by molar-refractivity contribution is 1.10. The lowest BCUT2D eigenvalue weighted by Crippen LogP contribution is -1.80. The Morgan fingerprint density at radius 3 is 2.71 bits per heavy atom. The fourth-order valence-corrected chi connectivity index (χ4v) is 2.10. The molecule has 1 heterocycles. The summed E-state index contributed by atoms with van der Waals surface area (Å²) in [6, 6.07) is 5.76. The molecule has 72 valence electrons. The van der Waals surface area contributed by atoms with E-state index in [1.165, 1.54) is 11.3 Å². The minimum absolute atomic E-state index is 0.467. The molecule has 0 aliphatic carbocycles. The second-order valence-electron chi connectivity index (χ2n) is 2.57. The van der Waals surface area contributed by atoms with Crippen LogP contribution in [0, 0.1) is 3.57 Å². The maximum atomic E-state index is 5.99. The van der Waals surface area contributed by atoms with Crippen molar-refractivity contribution < 1.29 is 0 Å². The topological polar surface area (TPSA) is 51.8 Å². The van der Waals surface area contributed by atoms with Gasteiger partial charge in [-0.05, 0) is 34.7 Å². The monoisotopic (exact) mass is 337 g/mol. The van der Waals surface area contributed by atoms with Crippen LogP contribution in [0.25, 0.3) is 10.6 Å². The zero-order valence-electron chi connectivity index (χ0n) is 6.87. The summed E-state index contributed by atoms with van der Waals surface area (Å²) in [5.74, 6) is 0. The number of hydrogen-bond acceptors (Lipinski definition) is 4. The van der Waals surface area contributed by atoms with Crippen molar-refractivity contribution in [3.8, 4) is 10.6 Å². The van der Waals surface area contributed by atoms with E-state index in [9.17, 15) is 0 Å². The Balaban J connectivity index is 2.47. The highest BCUT2D eigenvalue weighted by atomic mass is 127. The van der Waals surface area contributed by atoms with Crippen LogP contribution in [0.15, 0.2) is 18.2 Å². The Bertz CT molecular complexity index is 471. The molecular weight excluding hydrogens is 333 g/mol. The number of nitrogens with zero attached hydrogens (tertiary/aromatic N) is 2. The third-order valence-corrected chi connectivity index (χ3v) is 3.98. The number of nitrogen functional groups attached to an aromatic ring is 1. The summed E-state index contributed by atoms with van der Waals surface area (Å²) in [4.78, 5) is 0. The van der Waals surface area contributed by atoms with Gasteiger partial charge in [-0.25, -0.2) is 0 Å². The van der Waals surface area contributed by atoms with E-state index in [0.717, 1.165) is 19.2 Å². The summed E-state index contributed by atoms with van der Waals surface area (Å²) in [5.41, 5.74) is 6.44. The second-order valence-corrected chi connectivity index (χ2v) is 5.15. The molecule has 3 nitrogen and oxygen atoms in total. The van der Waals surface area contributed by atoms with Crippen molar-refractivity contribution in [2.75, 3.05) is 5.73 Å². The van der Waals surface area contributed by atoms with Gasteiger partial charge in [0.15, 0.2) is 0 Å². The summed E-state index contributed by atoms with van der Waals surface area (Å²) in [6.07, 6.45) is 0. The van der Waals surface area contributed by atoms with E-state index in [0.29, 0.717) is 5.13 Å². The molecule has 0 radical (unpaired) electrons. The molecule has 1 aromatic heterocycles. The van der Waals surface area contributed by atoms with Gasteiger partial charge in [-0.2, -0.15) is 0 Å². The Labute approximate surface area is 103 Å². The predicted octanol–water partition coefficient (Wildman–Crippen LogP) is 3.05. The van der Waals surface area contributed by atoms with Crippen molar-refractivity contribution in [1.82, 2.24) is 10.2 Å². The number of aromatic nitrogens is 2. The van der Waals surface area contributed by atoms with E-state index < -0.39 is 0 Å². The minimum atomic E-state index is 0.467. The summed E-state index contributed by atoms with van der Waals surface area (Å²) >= 11 is 9.51. The van der Waals surface area contributed by atoms with Gasteiger partial charge < -0.3 is 5.73 Å². The van der Waals surface area contributed by atoms with Crippen molar-refractivity contribution in [2.24, 2.45) is 0 Å². The van der Waals surface area contributed by atoms with E-state index in [1.807, 2.05) is 18.2 Å². The van der Waals surface area contributed by atoms with Gasteiger partial charge in [0, 0.05) is 9.13 Å². The first kappa shape index (κ1) is 10.1. The van der Waals surface area contributed by atoms with Gasteiger partial charge in [0.25, 0.3) is 0 Å². The minimum Gasteiger partial charge on any atom is -0.374 e. The molecule has 0 spiro atoms. The molecule has 14 heavy (non-hydrogen) atoms. The number of hydrogen-bond donors (Lipinski definition) is 1. The Morgan fingerprint density at radius 1 is 1.36 bits per heavy atom. The predicted molar refractivity (Wildman–Crippen MR) is 67.5 cm³/mol. The normalized spacial score (nSPS) is 10.4. The van der Waals surface area contributed by atoms with Crippen LogP contribution >= 0.6 is 45.5 Å². The first-order chi connectivity index (χ1) is 6.66. The molecule has 0 unspecified atom stereocenters. The molecular formula is C8H5ClIN3S. The van der Waals surface area contributed by atoms with Gasteiger partial charge in [0.05, 0.1) is 5.02 Å². The molecule has 6 heteroatoms. The van der Waals surface area contributed by atoms with Gasteiger partial charge in [0.2, 0.25) is 5.13 Å². The molecule has 0 aliphatic heterocycles. The van der Waals surface area contributed by atoms with Crippen molar-refractivity contribution in [3.63, 3.8) is 0 Å². The second kappa shape index (κ2) is 4.00. The first-order valence-corrected chi connectivity index (χ1v) is 5.98. The average Bonchev–Trinajstić information content (AvgIpc) is 2.57. The van der Waals surface area contributed by atoms with Crippen molar-refractivity contribution in [2.45, 2.75) is 0 Å². The van der Waals surface area contributed by atoms with Gasteiger partial charge in [-0.1, -0.05) is 29.0 Å². The quantitative estimate of drug-likeness (QED) is 0.814. The van der Waals surface area contributed by atoms with Crippen LogP contribution in [-0.2, 0) is 0 Å². The summed E-state index contributed by atoms with van der Waals surface area (Å²) in [5, 5.41) is 9.66. The van der Waals surface area contributed by atoms with Crippen LogP contribution in [0.2, 0.25) is 5.02 Å². The highest BCUT2D eigenvalue weighted by Crippen LogP contribution is 2.29. The third kappa shape index (κ3) is 1.99. The lowest BCUT2D eigenvalue weighted by Gasteiger charge is -1.98. The first-order valence-electron chi connectivity index (χ1n) is 3.71.